The molecule has 3 N–H and O–H groups in total. The minimum Gasteiger partial charge on any atom is -0.368 e. The van der Waals surface area contributed by atoms with Gasteiger partial charge in [0, 0.05) is 43.4 Å². The molecule has 0 atom stereocenters. The van der Waals surface area contributed by atoms with Crippen molar-refractivity contribution in [1.82, 2.24) is 25.7 Å². The second-order valence-corrected chi connectivity index (χ2v) is 5.60. The van der Waals surface area contributed by atoms with Crippen LogP contribution in [0, 0.1) is 0 Å². The number of hydrogen-bond acceptors (Lipinski definition) is 6. The molecule has 4 rings (SSSR count). The van der Waals surface area contributed by atoms with Gasteiger partial charge in [0.25, 0.3) is 5.91 Å². The molecule has 0 aliphatic carbocycles. The van der Waals surface area contributed by atoms with Gasteiger partial charge in [0.15, 0.2) is 0 Å². The van der Waals surface area contributed by atoms with E-state index in [9.17, 15) is 4.79 Å². The third-order valence-electron chi connectivity index (χ3n) is 4.12. The number of fused-ring (bicyclic) bond motifs is 1. The van der Waals surface area contributed by atoms with E-state index in [1.54, 1.807) is 18.6 Å². The third-order valence-corrected chi connectivity index (χ3v) is 4.12. The standard InChI is InChI=1S/C16H17N7O/c24-16(21-11-9-19-20-10-11)13-1-2-14(23-7-5-17-6-8-23)12-3-4-18-22-15(12)13/h1-4,9-10,17H,5-8H2,(H,19,20)(H,21,24). The highest BCUT2D eigenvalue weighted by Crippen LogP contribution is 2.28. The van der Waals surface area contributed by atoms with Crippen molar-refractivity contribution >= 4 is 28.2 Å². The summed E-state index contributed by atoms with van der Waals surface area (Å²) in [4.78, 5) is 14.9. The second-order valence-electron chi connectivity index (χ2n) is 5.60. The van der Waals surface area contributed by atoms with Gasteiger partial charge in [-0.05, 0) is 18.2 Å². The minimum absolute atomic E-state index is 0.228. The lowest BCUT2D eigenvalue weighted by Crippen LogP contribution is -2.43. The van der Waals surface area contributed by atoms with Crippen molar-refractivity contribution in [2.24, 2.45) is 0 Å². The van der Waals surface area contributed by atoms with Gasteiger partial charge in [0.05, 0.1) is 23.6 Å². The van der Waals surface area contributed by atoms with Gasteiger partial charge >= 0.3 is 0 Å². The van der Waals surface area contributed by atoms with Crippen LogP contribution in [0.5, 0.6) is 0 Å². The molecule has 0 radical (unpaired) electrons. The lowest BCUT2D eigenvalue weighted by atomic mass is 10.1. The first kappa shape index (κ1) is 14.6. The molecule has 3 heterocycles. The quantitative estimate of drug-likeness (QED) is 0.665. The van der Waals surface area contributed by atoms with Crippen molar-refractivity contribution < 1.29 is 4.79 Å². The summed E-state index contributed by atoms with van der Waals surface area (Å²) in [6.07, 6.45) is 4.84. The van der Waals surface area contributed by atoms with Gasteiger partial charge in [0.1, 0.15) is 5.52 Å². The zero-order chi connectivity index (χ0) is 16.4. The van der Waals surface area contributed by atoms with Crippen molar-refractivity contribution in [1.29, 1.82) is 0 Å². The number of amides is 1. The Morgan fingerprint density at radius 2 is 2.08 bits per heavy atom. The number of hydrogen-bond donors (Lipinski definition) is 3. The number of nitrogens with one attached hydrogen (secondary N) is 3. The summed E-state index contributed by atoms with van der Waals surface area (Å²) in [6.45, 7) is 3.75. The molecule has 8 heteroatoms. The fourth-order valence-corrected chi connectivity index (χ4v) is 2.95. The highest BCUT2D eigenvalue weighted by Gasteiger charge is 2.18. The summed E-state index contributed by atoms with van der Waals surface area (Å²) >= 11 is 0. The molecular formula is C16H17N7O. The molecule has 1 saturated heterocycles. The molecule has 122 valence electrons. The van der Waals surface area contributed by atoms with E-state index in [0.717, 1.165) is 37.3 Å². The van der Waals surface area contributed by atoms with E-state index in [1.807, 2.05) is 18.2 Å². The molecule has 1 aliphatic heterocycles. The fraction of sp³-hybridized carbons (Fsp3) is 0.250. The molecule has 24 heavy (non-hydrogen) atoms. The predicted octanol–water partition coefficient (Wildman–Crippen LogP) is 1.01. The number of aromatic nitrogens is 4. The minimum atomic E-state index is -0.228. The normalized spacial score (nSPS) is 14.8. The molecule has 0 saturated carbocycles. The van der Waals surface area contributed by atoms with Gasteiger partial charge < -0.3 is 15.5 Å². The third kappa shape index (κ3) is 2.67. The summed E-state index contributed by atoms with van der Waals surface area (Å²) in [5.74, 6) is -0.228. The van der Waals surface area contributed by atoms with E-state index < -0.39 is 0 Å². The number of carbonyl (C=O) groups excluding carboxylic acids is 1. The summed E-state index contributed by atoms with van der Waals surface area (Å²) in [7, 11) is 0. The van der Waals surface area contributed by atoms with E-state index in [0.29, 0.717) is 16.8 Å². The van der Waals surface area contributed by atoms with Crippen molar-refractivity contribution in [3.05, 3.63) is 42.4 Å². The summed E-state index contributed by atoms with van der Waals surface area (Å²) in [5.41, 5.74) is 2.80. The number of rotatable bonds is 3. The number of nitrogens with zero attached hydrogens (tertiary/aromatic N) is 4. The maximum atomic E-state index is 12.6. The Morgan fingerprint density at radius 3 is 2.88 bits per heavy atom. The molecule has 1 fully saturated rings. The Morgan fingerprint density at radius 1 is 1.21 bits per heavy atom. The molecule has 0 spiro atoms. The summed E-state index contributed by atoms with van der Waals surface area (Å²) in [6, 6.07) is 5.71. The van der Waals surface area contributed by atoms with E-state index >= 15 is 0 Å². The molecule has 1 aliphatic rings. The smallest absolute Gasteiger partial charge is 0.258 e. The van der Waals surface area contributed by atoms with Crippen LogP contribution in [0.15, 0.2) is 36.8 Å². The van der Waals surface area contributed by atoms with Crippen LogP contribution >= 0.6 is 0 Å². The summed E-state index contributed by atoms with van der Waals surface area (Å²) in [5, 5.41) is 21.8. The number of piperazine rings is 1. The lowest BCUT2D eigenvalue weighted by molar-refractivity contribution is 0.102. The molecule has 1 aromatic carbocycles. The number of carbonyl (C=O) groups is 1. The van der Waals surface area contributed by atoms with Gasteiger partial charge in [-0.15, -0.1) is 5.10 Å². The molecule has 3 aromatic rings. The first-order valence-corrected chi connectivity index (χ1v) is 7.83. The monoisotopic (exact) mass is 323 g/mol. The molecule has 0 unspecified atom stereocenters. The molecular weight excluding hydrogens is 306 g/mol. The molecule has 2 aromatic heterocycles. The first-order valence-electron chi connectivity index (χ1n) is 7.83. The van der Waals surface area contributed by atoms with Gasteiger partial charge in [-0.1, -0.05) is 0 Å². The van der Waals surface area contributed by atoms with Gasteiger partial charge in [-0.25, -0.2) is 0 Å². The maximum Gasteiger partial charge on any atom is 0.258 e. The Labute approximate surface area is 138 Å². The van der Waals surface area contributed by atoms with Crippen LogP contribution in [0.1, 0.15) is 10.4 Å². The number of anilines is 2. The number of aromatic amines is 1. The van der Waals surface area contributed by atoms with E-state index in [1.165, 1.54) is 0 Å². The molecule has 8 nitrogen and oxygen atoms in total. The van der Waals surface area contributed by atoms with E-state index in [-0.39, 0.29) is 5.91 Å². The predicted molar refractivity (Wildman–Crippen MR) is 91.2 cm³/mol. The van der Waals surface area contributed by atoms with Crippen molar-refractivity contribution in [3.63, 3.8) is 0 Å². The fourth-order valence-electron chi connectivity index (χ4n) is 2.95. The van der Waals surface area contributed by atoms with Crippen molar-refractivity contribution in [2.75, 3.05) is 36.4 Å². The van der Waals surface area contributed by atoms with Crippen molar-refractivity contribution in [3.8, 4) is 0 Å². The Bertz CT molecular complexity index is 856. The van der Waals surface area contributed by atoms with Gasteiger partial charge in [-0.2, -0.15) is 10.2 Å². The molecule has 1 amide bonds. The van der Waals surface area contributed by atoms with Gasteiger partial charge in [-0.3, -0.25) is 9.89 Å². The average molecular weight is 323 g/mol. The Balaban J connectivity index is 1.73. The van der Waals surface area contributed by atoms with E-state index in [2.05, 4.69) is 35.9 Å². The Kier molecular flexibility index (Phi) is 3.80. The lowest BCUT2D eigenvalue weighted by Gasteiger charge is -2.30. The zero-order valence-corrected chi connectivity index (χ0v) is 13.0. The number of H-pyrrole nitrogens is 1. The van der Waals surface area contributed by atoms with Crippen LogP contribution in [0.3, 0.4) is 0 Å². The highest BCUT2D eigenvalue weighted by atomic mass is 16.1. The van der Waals surface area contributed by atoms with Crippen LogP contribution in [0.2, 0.25) is 0 Å². The van der Waals surface area contributed by atoms with E-state index in [4.69, 9.17) is 0 Å². The highest BCUT2D eigenvalue weighted by molar-refractivity contribution is 6.13. The molecule has 0 bridgehead atoms. The SMILES string of the molecule is O=C(Nc1cn[nH]c1)c1ccc(N2CCNCC2)c2ccnnc12. The number of benzene rings is 1. The maximum absolute atomic E-state index is 12.6. The average Bonchev–Trinajstić information content (AvgIpc) is 3.14. The van der Waals surface area contributed by atoms with Crippen LogP contribution in [0.4, 0.5) is 11.4 Å². The van der Waals surface area contributed by atoms with Crippen molar-refractivity contribution in [2.45, 2.75) is 0 Å². The second kappa shape index (κ2) is 6.25. The van der Waals surface area contributed by atoms with Crippen LogP contribution in [-0.2, 0) is 0 Å². The van der Waals surface area contributed by atoms with Crippen LogP contribution < -0.4 is 15.5 Å². The van der Waals surface area contributed by atoms with Gasteiger partial charge in [0.2, 0.25) is 0 Å². The first-order chi connectivity index (χ1) is 11.8. The topological polar surface area (TPSA) is 98.8 Å². The van der Waals surface area contributed by atoms with Crippen LogP contribution in [-0.4, -0.2) is 52.5 Å². The van der Waals surface area contributed by atoms with Crippen LogP contribution in [0.25, 0.3) is 10.9 Å². The summed E-state index contributed by atoms with van der Waals surface area (Å²) < 4.78 is 0. The zero-order valence-electron chi connectivity index (χ0n) is 13.0. The largest absolute Gasteiger partial charge is 0.368 e. The Hall–Kier alpha value is -3.00.